The Morgan fingerprint density at radius 3 is 2.19 bits per heavy atom. The number of aromatic nitrogens is 1. The number of ether oxygens (including phenoxy) is 1. The Kier molecular flexibility index (Phi) is 9.46. The van der Waals surface area contributed by atoms with Gasteiger partial charge in [-0.15, -0.1) is 0 Å². The Bertz CT molecular complexity index is 1310. The first-order valence-electron chi connectivity index (χ1n) is 11.8. The van der Waals surface area contributed by atoms with E-state index in [2.05, 4.69) is 26.3 Å². The number of hydrogen-bond acceptors (Lipinski definition) is 7. The summed E-state index contributed by atoms with van der Waals surface area (Å²) in [7, 11) is -3.97. The number of nitrogens with zero attached hydrogens (tertiary/aromatic N) is 2. The Morgan fingerprint density at radius 1 is 1.03 bits per heavy atom. The van der Waals surface area contributed by atoms with E-state index in [1.807, 2.05) is 46.8 Å². The minimum absolute atomic E-state index is 0.0196. The molecule has 1 heterocycles. The standard InChI is InChI=1S/C27H32BrN3O5S/c1-19(2)17-25(32)30-31(36-27(3,4)5)18-20-7-6-16-29-26(20)37(33,34)24-14-12-23(13-15-24)35-22-10-8-21(28)9-11-22/h6-16,19H,17-18H2,1-5H3,(H,30,32). The molecule has 0 aliphatic heterocycles. The SMILES string of the molecule is CC(C)CC(=O)NN(Cc1cccnc1S(=O)(=O)c1ccc(Oc2ccc(Br)cc2)cc1)OC(C)(C)C. The van der Waals surface area contributed by atoms with Gasteiger partial charge in [-0.1, -0.05) is 41.0 Å². The summed E-state index contributed by atoms with van der Waals surface area (Å²) in [5.74, 6) is 1.06. The summed E-state index contributed by atoms with van der Waals surface area (Å²) in [4.78, 5) is 22.6. The van der Waals surface area contributed by atoms with Crippen LogP contribution in [0.15, 0.2) is 81.3 Å². The minimum atomic E-state index is -3.97. The van der Waals surface area contributed by atoms with Crippen LogP contribution in [0.4, 0.5) is 0 Å². The molecule has 0 fully saturated rings. The first-order chi connectivity index (χ1) is 17.3. The molecule has 0 saturated carbocycles. The van der Waals surface area contributed by atoms with Crippen LogP contribution in [0, 0.1) is 5.92 Å². The quantitative estimate of drug-likeness (QED) is 0.286. The fourth-order valence-electron chi connectivity index (χ4n) is 3.36. The van der Waals surface area contributed by atoms with Crippen LogP contribution >= 0.6 is 15.9 Å². The Labute approximate surface area is 227 Å². The van der Waals surface area contributed by atoms with Gasteiger partial charge in [0.25, 0.3) is 0 Å². The van der Waals surface area contributed by atoms with E-state index in [1.54, 1.807) is 36.4 Å². The van der Waals surface area contributed by atoms with E-state index in [0.717, 1.165) is 4.47 Å². The lowest BCUT2D eigenvalue weighted by molar-refractivity contribution is -0.261. The number of carbonyl (C=O) groups is 1. The van der Waals surface area contributed by atoms with E-state index in [4.69, 9.17) is 9.57 Å². The molecule has 0 atom stereocenters. The highest BCUT2D eigenvalue weighted by molar-refractivity contribution is 9.10. The third-order valence-electron chi connectivity index (χ3n) is 4.83. The molecule has 0 radical (unpaired) electrons. The lowest BCUT2D eigenvalue weighted by Crippen LogP contribution is -2.46. The van der Waals surface area contributed by atoms with Gasteiger partial charge in [-0.2, -0.15) is 0 Å². The topological polar surface area (TPSA) is 97.8 Å². The van der Waals surface area contributed by atoms with Gasteiger partial charge in [-0.05, 0) is 81.3 Å². The second-order valence-electron chi connectivity index (χ2n) is 9.87. The number of pyridine rings is 1. The molecule has 37 heavy (non-hydrogen) atoms. The first-order valence-corrected chi connectivity index (χ1v) is 14.1. The Hall–Kier alpha value is -2.79. The number of amides is 1. The molecule has 1 amide bonds. The van der Waals surface area contributed by atoms with E-state index in [9.17, 15) is 13.2 Å². The van der Waals surface area contributed by atoms with Gasteiger partial charge in [-0.3, -0.25) is 15.1 Å². The van der Waals surface area contributed by atoms with Crippen molar-refractivity contribution in [2.45, 2.75) is 63.1 Å². The summed E-state index contributed by atoms with van der Waals surface area (Å²) < 4.78 is 33.8. The Morgan fingerprint density at radius 2 is 1.62 bits per heavy atom. The second-order valence-corrected chi connectivity index (χ2v) is 12.7. The van der Waals surface area contributed by atoms with E-state index < -0.39 is 15.4 Å². The van der Waals surface area contributed by atoms with Crippen molar-refractivity contribution in [2.75, 3.05) is 0 Å². The van der Waals surface area contributed by atoms with Crippen molar-refractivity contribution < 1.29 is 22.8 Å². The highest BCUT2D eigenvalue weighted by Gasteiger charge is 2.26. The van der Waals surface area contributed by atoms with Gasteiger partial charge in [0.1, 0.15) is 11.5 Å². The number of rotatable bonds is 10. The van der Waals surface area contributed by atoms with Crippen LogP contribution < -0.4 is 10.2 Å². The van der Waals surface area contributed by atoms with Gasteiger partial charge >= 0.3 is 0 Å². The largest absolute Gasteiger partial charge is 0.457 e. The number of hydroxylamine groups is 1. The van der Waals surface area contributed by atoms with Crippen LogP contribution in [0.5, 0.6) is 11.5 Å². The molecule has 0 saturated heterocycles. The van der Waals surface area contributed by atoms with Crippen molar-refractivity contribution in [1.82, 2.24) is 15.6 Å². The van der Waals surface area contributed by atoms with Crippen LogP contribution in [0.25, 0.3) is 0 Å². The number of hydrogen-bond donors (Lipinski definition) is 1. The molecule has 0 aliphatic rings. The number of benzene rings is 2. The summed E-state index contributed by atoms with van der Waals surface area (Å²) in [5.41, 5.74) is 2.49. The van der Waals surface area contributed by atoms with Gasteiger partial charge in [-0.25, -0.2) is 13.4 Å². The zero-order valence-electron chi connectivity index (χ0n) is 21.6. The summed E-state index contributed by atoms with van der Waals surface area (Å²) in [6, 6.07) is 16.8. The molecule has 2 aromatic carbocycles. The fourth-order valence-corrected chi connectivity index (χ4v) is 5.02. The van der Waals surface area contributed by atoms with E-state index in [1.165, 1.54) is 23.5 Å². The van der Waals surface area contributed by atoms with E-state index in [-0.39, 0.29) is 28.3 Å². The predicted molar refractivity (Wildman–Crippen MR) is 144 cm³/mol. The molecule has 3 rings (SSSR count). The summed E-state index contributed by atoms with van der Waals surface area (Å²) in [5, 5.41) is 1.16. The molecule has 10 heteroatoms. The van der Waals surface area contributed by atoms with Crippen molar-refractivity contribution in [3.8, 4) is 11.5 Å². The number of hydrazine groups is 1. The smallest absolute Gasteiger partial charge is 0.236 e. The van der Waals surface area contributed by atoms with Gasteiger partial charge in [0.05, 0.1) is 17.0 Å². The van der Waals surface area contributed by atoms with E-state index >= 15 is 0 Å². The number of carbonyl (C=O) groups excluding carboxylic acids is 1. The number of halogens is 1. The van der Waals surface area contributed by atoms with Gasteiger partial charge in [0, 0.05) is 22.7 Å². The zero-order valence-corrected chi connectivity index (χ0v) is 24.0. The Balaban J connectivity index is 1.85. The normalized spacial score (nSPS) is 12.1. The molecular formula is C27H32BrN3O5S. The second kappa shape index (κ2) is 12.2. The van der Waals surface area contributed by atoms with E-state index in [0.29, 0.717) is 23.5 Å². The molecule has 8 nitrogen and oxygen atoms in total. The van der Waals surface area contributed by atoms with Crippen molar-refractivity contribution in [2.24, 2.45) is 5.92 Å². The van der Waals surface area contributed by atoms with Gasteiger partial charge in [0.2, 0.25) is 15.7 Å². The fraction of sp³-hybridized carbons (Fsp3) is 0.333. The predicted octanol–water partition coefficient (Wildman–Crippen LogP) is 6.08. The molecule has 1 aromatic heterocycles. The third-order valence-corrected chi connectivity index (χ3v) is 7.13. The third kappa shape index (κ3) is 8.63. The van der Waals surface area contributed by atoms with Crippen LogP contribution in [0.1, 0.15) is 46.6 Å². The monoisotopic (exact) mass is 589 g/mol. The summed E-state index contributed by atoms with van der Waals surface area (Å²) in [6.45, 7) is 9.38. The minimum Gasteiger partial charge on any atom is -0.457 e. The lowest BCUT2D eigenvalue weighted by Gasteiger charge is -2.30. The molecule has 0 bridgehead atoms. The van der Waals surface area contributed by atoms with Crippen LogP contribution in [-0.2, 0) is 26.0 Å². The molecule has 0 unspecified atom stereocenters. The van der Waals surface area contributed by atoms with Crippen molar-refractivity contribution in [1.29, 1.82) is 0 Å². The maximum absolute atomic E-state index is 13.5. The molecule has 0 spiro atoms. The van der Waals surface area contributed by atoms with Crippen molar-refractivity contribution >= 4 is 31.7 Å². The molecule has 3 aromatic rings. The maximum Gasteiger partial charge on any atom is 0.236 e. The van der Waals surface area contributed by atoms with Crippen LogP contribution in [-0.4, -0.2) is 30.1 Å². The average Bonchev–Trinajstić information content (AvgIpc) is 2.79. The van der Waals surface area contributed by atoms with Crippen LogP contribution in [0.2, 0.25) is 0 Å². The van der Waals surface area contributed by atoms with Crippen molar-refractivity contribution in [3.05, 3.63) is 76.9 Å². The molecule has 1 N–H and O–H groups in total. The molecular weight excluding hydrogens is 558 g/mol. The number of sulfone groups is 1. The summed E-state index contributed by atoms with van der Waals surface area (Å²) in [6.07, 6.45) is 1.73. The zero-order chi connectivity index (χ0) is 27.2. The van der Waals surface area contributed by atoms with Gasteiger partial charge < -0.3 is 4.74 Å². The summed E-state index contributed by atoms with van der Waals surface area (Å²) >= 11 is 3.38. The lowest BCUT2D eigenvalue weighted by atomic mass is 10.1. The molecule has 0 aliphatic carbocycles. The number of nitrogens with one attached hydrogen (secondary N) is 1. The maximum atomic E-state index is 13.5. The average molecular weight is 591 g/mol. The van der Waals surface area contributed by atoms with Crippen LogP contribution in [0.3, 0.4) is 0 Å². The highest BCUT2D eigenvalue weighted by Crippen LogP contribution is 2.28. The highest BCUT2D eigenvalue weighted by atomic mass is 79.9. The molecule has 198 valence electrons. The van der Waals surface area contributed by atoms with Gasteiger partial charge in [0.15, 0.2) is 5.03 Å². The first kappa shape index (κ1) is 28.8. The van der Waals surface area contributed by atoms with Crippen molar-refractivity contribution in [3.63, 3.8) is 0 Å².